The Bertz CT molecular complexity index is 957. The summed E-state index contributed by atoms with van der Waals surface area (Å²) in [6.45, 7) is 14.7. The zero-order valence-corrected chi connectivity index (χ0v) is 20.5. The van der Waals surface area contributed by atoms with E-state index in [9.17, 15) is 9.59 Å². The normalized spacial score (nSPS) is 13.2. The molecule has 2 aromatic rings. The van der Waals surface area contributed by atoms with Gasteiger partial charge < -0.3 is 14.2 Å². The number of halogens is 1. The van der Waals surface area contributed by atoms with Crippen LogP contribution in [0, 0.1) is 12.3 Å². The SMILES string of the molecule is CC(=O)Oc1ccc2c(Br)c([C@H](COC(=O)C(C)(C)C)OC(C)(C)C)c(C)cc2n1. The first kappa shape index (κ1) is 24.3. The molecule has 0 unspecified atom stereocenters. The maximum Gasteiger partial charge on any atom is 0.311 e. The van der Waals surface area contributed by atoms with Gasteiger partial charge in [0.2, 0.25) is 5.88 Å². The van der Waals surface area contributed by atoms with Crippen LogP contribution in [0.2, 0.25) is 0 Å². The van der Waals surface area contributed by atoms with Gasteiger partial charge in [0.1, 0.15) is 12.7 Å². The molecule has 0 spiro atoms. The second kappa shape index (κ2) is 9.02. The van der Waals surface area contributed by atoms with Gasteiger partial charge in [-0.05, 0) is 82.1 Å². The molecule has 30 heavy (non-hydrogen) atoms. The van der Waals surface area contributed by atoms with Crippen molar-refractivity contribution in [3.8, 4) is 5.88 Å². The third-order valence-corrected chi connectivity index (χ3v) is 5.05. The smallest absolute Gasteiger partial charge is 0.311 e. The number of aromatic nitrogens is 1. The number of carbonyl (C=O) groups is 2. The summed E-state index contributed by atoms with van der Waals surface area (Å²) in [5.74, 6) is -0.462. The first-order chi connectivity index (χ1) is 13.7. The molecule has 6 nitrogen and oxygen atoms in total. The number of nitrogens with zero attached hydrogens (tertiary/aromatic N) is 1. The molecule has 1 atom stereocenters. The zero-order valence-electron chi connectivity index (χ0n) is 18.9. The number of rotatable bonds is 5. The number of esters is 2. The van der Waals surface area contributed by atoms with E-state index in [1.165, 1.54) is 6.92 Å². The lowest BCUT2D eigenvalue weighted by molar-refractivity contribution is -0.162. The fourth-order valence-electron chi connectivity index (χ4n) is 2.92. The van der Waals surface area contributed by atoms with E-state index in [0.29, 0.717) is 5.52 Å². The van der Waals surface area contributed by atoms with E-state index < -0.39 is 23.1 Å². The van der Waals surface area contributed by atoms with Crippen molar-refractivity contribution in [1.82, 2.24) is 4.98 Å². The molecule has 0 saturated heterocycles. The minimum absolute atomic E-state index is 0.0945. The van der Waals surface area contributed by atoms with Gasteiger partial charge in [0.05, 0.1) is 16.5 Å². The van der Waals surface area contributed by atoms with E-state index in [1.807, 2.05) is 60.6 Å². The summed E-state index contributed by atoms with van der Waals surface area (Å²) in [6, 6.07) is 5.39. The highest BCUT2D eigenvalue weighted by atomic mass is 79.9. The number of fused-ring (bicyclic) bond motifs is 1. The van der Waals surface area contributed by atoms with E-state index in [1.54, 1.807) is 6.07 Å². The number of aryl methyl sites for hydroxylation is 1. The third-order valence-electron chi connectivity index (χ3n) is 4.19. The van der Waals surface area contributed by atoms with Crippen LogP contribution in [0.4, 0.5) is 0 Å². The fourth-order valence-corrected chi connectivity index (χ4v) is 3.83. The second-order valence-electron chi connectivity index (χ2n) is 9.30. The molecule has 2 rings (SSSR count). The molecule has 0 fully saturated rings. The van der Waals surface area contributed by atoms with E-state index in [4.69, 9.17) is 14.2 Å². The Labute approximate surface area is 186 Å². The van der Waals surface area contributed by atoms with Gasteiger partial charge in [0.25, 0.3) is 0 Å². The highest BCUT2D eigenvalue weighted by Crippen LogP contribution is 2.38. The van der Waals surface area contributed by atoms with E-state index in [-0.39, 0.29) is 18.5 Å². The zero-order chi connectivity index (χ0) is 22.9. The van der Waals surface area contributed by atoms with Crippen LogP contribution in [-0.4, -0.2) is 29.1 Å². The largest absolute Gasteiger partial charge is 0.462 e. The van der Waals surface area contributed by atoms with Gasteiger partial charge >= 0.3 is 11.9 Å². The molecule has 0 N–H and O–H groups in total. The van der Waals surface area contributed by atoms with Crippen molar-refractivity contribution in [2.24, 2.45) is 5.41 Å². The Morgan fingerprint density at radius 1 is 1.13 bits per heavy atom. The van der Waals surface area contributed by atoms with Crippen molar-refractivity contribution >= 4 is 38.8 Å². The number of hydrogen-bond acceptors (Lipinski definition) is 6. The van der Waals surface area contributed by atoms with Crippen molar-refractivity contribution in [1.29, 1.82) is 0 Å². The van der Waals surface area contributed by atoms with Crippen LogP contribution in [0.3, 0.4) is 0 Å². The average molecular weight is 480 g/mol. The summed E-state index contributed by atoms with van der Waals surface area (Å²) in [4.78, 5) is 28.0. The summed E-state index contributed by atoms with van der Waals surface area (Å²) in [7, 11) is 0. The monoisotopic (exact) mass is 479 g/mol. The lowest BCUT2D eigenvalue weighted by atomic mass is 9.97. The van der Waals surface area contributed by atoms with Crippen LogP contribution in [0.15, 0.2) is 22.7 Å². The predicted molar refractivity (Wildman–Crippen MR) is 119 cm³/mol. The maximum atomic E-state index is 12.3. The van der Waals surface area contributed by atoms with E-state index in [0.717, 1.165) is 21.0 Å². The third kappa shape index (κ3) is 6.25. The molecule has 0 aliphatic heterocycles. The maximum absolute atomic E-state index is 12.3. The Morgan fingerprint density at radius 3 is 2.30 bits per heavy atom. The molecule has 0 amide bonds. The van der Waals surface area contributed by atoms with Crippen LogP contribution < -0.4 is 4.74 Å². The lowest BCUT2D eigenvalue weighted by Crippen LogP contribution is -2.30. The highest BCUT2D eigenvalue weighted by molar-refractivity contribution is 9.10. The quantitative estimate of drug-likeness (QED) is 0.513. The summed E-state index contributed by atoms with van der Waals surface area (Å²) >= 11 is 3.69. The molecule has 1 aromatic carbocycles. The number of pyridine rings is 1. The van der Waals surface area contributed by atoms with Crippen molar-refractivity contribution in [2.75, 3.05) is 6.61 Å². The first-order valence-electron chi connectivity index (χ1n) is 9.82. The van der Waals surface area contributed by atoms with Gasteiger partial charge in [-0.3, -0.25) is 9.59 Å². The van der Waals surface area contributed by atoms with Crippen LogP contribution in [0.5, 0.6) is 5.88 Å². The molecule has 1 heterocycles. The Kier molecular flexibility index (Phi) is 7.30. The summed E-state index contributed by atoms with van der Waals surface area (Å²) in [6.07, 6.45) is -0.469. The van der Waals surface area contributed by atoms with Gasteiger partial charge in [-0.15, -0.1) is 0 Å². The first-order valence-corrected chi connectivity index (χ1v) is 10.6. The minimum atomic E-state index is -0.598. The van der Waals surface area contributed by atoms with Crippen molar-refractivity contribution in [2.45, 2.75) is 67.1 Å². The van der Waals surface area contributed by atoms with Crippen LogP contribution in [0.1, 0.15) is 65.7 Å². The van der Waals surface area contributed by atoms with Gasteiger partial charge in [-0.1, -0.05) is 0 Å². The van der Waals surface area contributed by atoms with E-state index >= 15 is 0 Å². The Hall–Kier alpha value is -1.99. The molecule has 0 aliphatic carbocycles. The van der Waals surface area contributed by atoms with Crippen molar-refractivity contribution < 1.29 is 23.8 Å². The van der Waals surface area contributed by atoms with Crippen molar-refractivity contribution in [3.05, 3.63) is 33.8 Å². The molecule has 0 radical (unpaired) electrons. The number of ether oxygens (including phenoxy) is 3. The molecular formula is C23H30BrNO5. The fraction of sp³-hybridized carbons (Fsp3) is 0.522. The lowest BCUT2D eigenvalue weighted by Gasteiger charge is -2.30. The minimum Gasteiger partial charge on any atom is -0.462 e. The molecule has 1 aromatic heterocycles. The van der Waals surface area contributed by atoms with Crippen molar-refractivity contribution in [3.63, 3.8) is 0 Å². The predicted octanol–water partition coefficient (Wildman–Crippen LogP) is 5.68. The number of hydrogen-bond donors (Lipinski definition) is 0. The second-order valence-corrected chi connectivity index (χ2v) is 10.1. The van der Waals surface area contributed by atoms with E-state index in [2.05, 4.69) is 20.9 Å². The highest BCUT2D eigenvalue weighted by Gasteiger charge is 2.29. The van der Waals surface area contributed by atoms with Gasteiger partial charge in [-0.25, -0.2) is 4.98 Å². The van der Waals surface area contributed by atoms with Gasteiger partial charge in [0.15, 0.2) is 0 Å². The molecular weight excluding hydrogens is 450 g/mol. The van der Waals surface area contributed by atoms with Gasteiger partial charge in [0, 0.05) is 28.4 Å². The summed E-state index contributed by atoms with van der Waals surface area (Å²) in [5.41, 5.74) is 1.45. The Balaban J connectivity index is 2.49. The van der Waals surface area contributed by atoms with Crippen LogP contribution >= 0.6 is 15.9 Å². The van der Waals surface area contributed by atoms with Crippen LogP contribution in [0.25, 0.3) is 10.9 Å². The Morgan fingerprint density at radius 2 is 1.77 bits per heavy atom. The molecule has 0 saturated carbocycles. The number of benzene rings is 1. The summed E-state index contributed by atoms with van der Waals surface area (Å²) in [5, 5.41) is 0.844. The standard InChI is InChI=1S/C23H30BrNO5/c1-13-11-16-15(9-10-18(25-16)29-14(2)26)20(24)19(13)17(30-23(6,7)8)12-28-21(27)22(3,4)5/h9-11,17H,12H2,1-8H3/t17-/m0/s1. The average Bonchev–Trinajstić information content (AvgIpc) is 2.56. The summed E-state index contributed by atoms with van der Waals surface area (Å²) < 4.78 is 17.8. The molecule has 0 bridgehead atoms. The molecule has 7 heteroatoms. The van der Waals surface area contributed by atoms with Crippen LogP contribution in [-0.2, 0) is 19.1 Å². The number of carbonyl (C=O) groups excluding carboxylic acids is 2. The van der Waals surface area contributed by atoms with Gasteiger partial charge in [-0.2, -0.15) is 0 Å². The topological polar surface area (TPSA) is 74.7 Å². The molecule has 164 valence electrons. The molecule has 0 aliphatic rings.